The first-order chi connectivity index (χ1) is 22.8. The number of primary amides is 2. The number of nitrogens with one attached hydrogen (secondary N) is 1. The van der Waals surface area contributed by atoms with Crippen LogP contribution in [0.25, 0.3) is 21.9 Å². The van der Waals surface area contributed by atoms with Gasteiger partial charge < -0.3 is 36.1 Å². The van der Waals surface area contributed by atoms with Crippen LogP contribution < -0.4 is 33.8 Å². The summed E-state index contributed by atoms with van der Waals surface area (Å²) in [4.78, 5) is 81.5. The standard InChI is InChI=1S/C20H24N2O6.C15H16N2O4/c1-11-7-18(25)27-16-9-12(5-6-13(11)16)8-15(23)14(10-17(21)24)22-19(26)28-20(2,3)4;1-8-4-15(20)21-13-6-9(2-3-10(8)13)5-12(18)11(16)7-14(17)19/h5-7,9,14H,8,10H2,1-4H3,(H2,21,24)(H,22,26);2-4,6,11H,5,7,16H2,1H3,(H2,17,19)/t14-;11-/m11/s1. The second-order valence-electron chi connectivity index (χ2n) is 12.6. The minimum absolute atomic E-state index is 0.0576. The number of ketones is 2. The van der Waals surface area contributed by atoms with Gasteiger partial charge in [-0.1, -0.05) is 24.3 Å². The van der Waals surface area contributed by atoms with Crippen molar-refractivity contribution in [2.24, 2.45) is 17.2 Å². The molecule has 0 spiro atoms. The zero-order valence-corrected chi connectivity index (χ0v) is 27.9. The maximum atomic E-state index is 12.6. The molecule has 0 aliphatic heterocycles. The predicted octanol–water partition coefficient (Wildman–Crippen LogP) is 2.40. The van der Waals surface area contributed by atoms with Crippen LogP contribution in [-0.2, 0) is 36.8 Å². The van der Waals surface area contributed by atoms with Crippen molar-refractivity contribution in [1.82, 2.24) is 5.32 Å². The molecule has 4 aromatic rings. The summed E-state index contributed by atoms with van der Waals surface area (Å²) in [6.07, 6.45) is -1.36. The van der Waals surface area contributed by atoms with E-state index in [9.17, 15) is 33.6 Å². The van der Waals surface area contributed by atoms with Crippen LogP contribution in [0.5, 0.6) is 0 Å². The van der Waals surface area contributed by atoms with Gasteiger partial charge in [0, 0.05) is 42.2 Å². The van der Waals surface area contributed by atoms with E-state index in [1.54, 1.807) is 64.1 Å². The fourth-order valence-corrected chi connectivity index (χ4v) is 4.84. The first-order valence-electron chi connectivity index (χ1n) is 15.2. The Morgan fingerprint density at radius 3 is 1.61 bits per heavy atom. The molecular weight excluding hydrogens is 636 g/mol. The molecule has 0 saturated heterocycles. The molecular formula is C35H40N4O10. The number of benzene rings is 2. The van der Waals surface area contributed by atoms with Gasteiger partial charge in [-0.05, 0) is 69.0 Å². The van der Waals surface area contributed by atoms with Gasteiger partial charge in [0.15, 0.2) is 11.6 Å². The Morgan fingerprint density at radius 1 is 0.735 bits per heavy atom. The van der Waals surface area contributed by atoms with E-state index in [-0.39, 0.29) is 31.5 Å². The topological polar surface area (TPSA) is 245 Å². The van der Waals surface area contributed by atoms with E-state index in [1.807, 2.05) is 6.92 Å². The Kier molecular flexibility index (Phi) is 12.3. The molecule has 2 aromatic heterocycles. The number of ether oxygens (including phenoxy) is 1. The molecule has 3 amide bonds. The van der Waals surface area contributed by atoms with Crippen LogP contribution in [-0.4, -0.2) is 47.2 Å². The van der Waals surface area contributed by atoms with E-state index in [4.69, 9.17) is 30.8 Å². The highest BCUT2D eigenvalue weighted by molar-refractivity contribution is 5.94. The van der Waals surface area contributed by atoms with Crippen molar-refractivity contribution in [3.8, 4) is 0 Å². The third-order valence-electron chi connectivity index (χ3n) is 7.11. The lowest BCUT2D eigenvalue weighted by molar-refractivity contribution is -0.125. The molecule has 0 saturated carbocycles. The lowest BCUT2D eigenvalue weighted by Crippen LogP contribution is -2.46. The Labute approximate surface area is 280 Å². The van der Waals surface area contributed by atoms with Crippen molar-refractivity contribution in [2.75, 3.05) is 0 Å². The molecule has 0 aliphatic rings. The van der Waals surface area contributed by atoms with Crippen LogP contribution in [0.1, 0.15) is 55.9 Å². The molecule has 14 nitrogen and oxygen atoms in total. The van der Waals surface area contributed by atoms with Gasteiger partial charge in [0.25, 0.3) is 0 Å². The number of hydrogen-bond donors (Lipinski definition) is 4. The van der Waals surface area contributed by atoms with Gasteiger partial charge in [0.2, 0.25) is 11.8 Å². The molecule has 0 unspecified atom stereocenters. The molecule has 2 heterocycles. The predicted molar refractivity (Wildman–Crippen MR) is 181 cm³/mol. The van der Waals surface area contributed by atoms with E-state index in [2.05, 4.69) is 5.32 Å². The third-order valence-corrected chi connectivity index (χ3v) is 7.11. The van der Waals surface area contributed by atoms with Crippen molar-refractivity contribution >= 4 is 51.4 Å². The van der Waals surface area contributed by atoms with E-state index < -0.39 is 52.6 Å². The van der Waals surface area contributed by atoms with Crippen LogP contribution in [0, 0.1) is 13.8 Å². The largest absolute Gasteiger partial charge is 0.444 e. The van der Waals surface area contributed by atoms with Gasteiger partial charge in [-0.3, -0.25) is 19.2 Å². The fraction of sp³-hybridized carbons (Fsp3) is 0.343. The highest BCUT2D eigenvalue weighted by Crippen LogP contribution is 2.20. The maximum absolute atomic E-state index is 12.6. The van der Waals surface area contributed by atoms with E-state index in [0.717, 1.165) is 21.9 Å². The zero-order valence-electron chi connectivity index (χ0n) is 27.9. The van der Waals surface area contributed by atoms with Crippen LogP contribution in [0.2, 0.25) is 0 Å². The average Bonchev–Trinajstić information content (AvgIpc) is 2.95. The summed E-state index contributed by atoms with van der Waals surface area (Å²) in [5.74, 6) is -2.05. The minimum Gasteiger partial charge on any atom is -0.444 e. The Bertz CT molecular complexity index is 2020. The summed E-state index contributed by atoms with van der Waals surface area (Å²) in [5, 5.41) is 3.97. The first kappa shape index (κ1) is 37.8. The molecule has 0 radical (unpaired) electrons. The molecule has 260 valence electrons. The highest BCUT2D eigenvalue weighted by Gasteiger charge is 2.26. The number of carbonyl (C=O) groups excluding carboxylic acids is 5. The Hall–Kier alpha value is -5.63. The number of nitrogens with two attached hydrogens (primary N) is 3. The monoisotopic (exact) mass is 676 g/mol. The summed E-state index contributed by atoms with van der Waals surface area (Å²) >= 11 is 0. The molecule has 0 fully saturated rings. The Balaban J connectivity index is 0.000000276. The summed E-state index contributed by atoms with van der Waals surface area (Å²) < 4.78 is 15.4. The number of hydrogen-bond acceptors (Lipinski definition) is 11. The van der Waals surface area contributed by atoms with Crippen LogP contribution in [0.3, 0.4) is 0 Å². The molecule has 4 rings (SSSR count). The Morgan fingerprint density at radius 2 is 1.18 bits per heavy atom. The third kappa shape index (κ3) is 11.5. The summed E-state index contributed by atoms with van der Waals surface area (Å²) in [5.41, 5.74) is 17.8. The van der Waals surface area contributed by atoms with Crippen molar-refractivity contribution in [3.63, 3.8) is 0 Å². The van der Waals surface area contributed by atoms with Crippen molar-refractivity contribution < 1.29 is 37.5 Å². The number of fused-ring (bicyclic) bond motifs is 2. The van der Waals surface area contributed by atoms with Crippen molar-refractivity contribution in [3.05, 3.63) is 91.6 Å². The number of Topliss-reactive ketones (excluding diaryl/α,β-unsaturated/α-hetero) is 2. The highest BCUT2D eigenvalue weighted by atomic mass is 16.6. The quantitative estimate of drug-likeness (QED) is 0.168. The van der Waals surface area contributed by atoms with E-state index in [1.165, 1.54) is 12.1 Å². The lowest BCUT2D eigenvalue weighted by atomic mass is 9.99. The van der Waals surface area contributed by atoms with Gasteiger partial charge >= 0.3 is 17.3 Å². The fourth-order valence-electron chi connectivity index (χ4n) is 4.84. The maximum Gasteiger partial charge on any atom is 0.408 e. The lowest BCUT2D eigenvalue weighted by Gasteiger charge is -2.22. The zero-order chi connectivity index (χ0) is 36.6. The summed E-state index contributed by atoms with van der Waals surface area (Å²) in [6.45, 7) is 8.65. The number of aryl methyl sites for hydroxylation is 2. The number of alkyl carbamates (subject to hydrolysis) is 1. The molecule has 0 aliphatic carbocycles. The second kappa shape index (κ2) is 16.0. The summed E-state index contributed by atoms with van der Waals surface area (Å²) in [7, 11) is 0. The molecule has 49 heavy (non-hydrogen) atoms. The van der Waals surface area contributed by atoms with E-state index in [0.29, 0.717) is 22.3 Å². The van der Waals surface area contributed by atoms with Gasteiger partial charge in [-0.15, -0.1) is 0 Å². The van der Waals surface area contributed by atoms with Gasteiger partial charge in [0.1, 0.15) is 16.8 Å². The first-order valence-corrected chi connectivity index (χ1v) is 15.2. The minimum atomic E-state index is -1.12. The number of amides is 3. The van der Waals surface area contributed by atoms with Gasteiger partial charge in [0.05, 0.1) is 18.5 Å². The van der Waals surface area contributed by atoms with Gasteiger partial charge in [-0.2, -0.15) is 0 Å². The molecule has 2 atom stereocenters. The normalized spacial score (nSPS) is 12.4. The smallest absolute Gasteiger partial charge is 0.408 e. The number of carbonyl (C=O) groups is 5. The van der Waals surface area contributed by atoms with Crippen LogP contribution in [0.4, 0.5) is 4.79 Å². The van der Waals surface area contributed by atoms with Crippen molar-refractivity contribution in [2.45, 2.75) is 78.0 Å². The van der Waals surface area contributed by atoms with Crippen molar-refractivity contribution in [1.29, 1.82) is 0 Å². The summed E-state index contributed by atoms with van der Waals surface area (Å²) in [6, 6.07) is 11.0. The molecule has 0 bridgehead atoms. The average molecular weight is 677 g/mol. The van der Waals surface area contributed by atoms with Crippen LogP contribution in [0.15, 0.2) is 67.0 Å². The molecule has 2 aromatic carbocycles. The number of rotatable bonds is 11. The van der Waals surface area contributed by atoms with E-state index >= 15 is 0 Å². The van der Waals surface area contributed by atoms with Crippen LogP contribution >= 0.6 is 0 Å². The SMILES string of the molecule is Cc1cc(=O)oc2cc(CC(=O)[C@@H](CC(N)=O)NC(=O)OC(C)(C)C)ccc12.Cc1cc(=O)oc2cc(CC(=O)[C@H](N)CC(N)=O)ccc12. The van der Waals surface area contributed by atoms with Gasteiger partial charge in [-0.25, -0.2) is 14.4 Å². The molecule has 14 heteroatoms. The molecule has 7 N–H and O–H groups in total. The second-order valence-corrected chi connectivity index (χ2v) is 12.6.